The standard InChI is InChI=1S/C14H20N2O/c1-9-7-11-10(8-12(9)17)14(2)5-6-15(3)13(14)16(11)4/h7-8,13,17H,5-6H2,1-4H3/t13?,14-/m0/s1. The SMILES string of the molecule is Cc1cc2c(cc1O)[C@]1(C)CCN(C)C1N2C. The first-order chi connectivity index (χ1) is 7.95. The second-order valence-electron chi connectivity index (χ2n) is 5.79. The Labute approximate surface area is 103 Å². The fourth-order valence-electron chi connectivity index (χ4n) is 3.71. The summed E-state index contributed by atoms with van der Waals surface area (Å²) in [7, 11) is 4.35. The lowest BCUT2D eigenvalue weighted by Gasteiger charge is -2.32. The monoisotopic (exact) mass is 232 g/mol. The van der Waals surface area contributed by atoms with E-state index in [9.17, 15) is 5.11 Å². The first-order valence-electron chi connectivity index (χ1n) is 6.22. The summed E-state index contributed by atoms with van der Waals surface area (Å²) in [6.07, 6.45) is 1.59. The highest BCUT2D eigenvalue weighted by Crippen LogP contribution is 2.52. The van der Waals surface area contributed by atoms with E-state index in [0.29, 0.717) is 11.9 Å². The molecule has 2 atom stereocenters. The molecule has 3 rings (SSSR count). The number of aryl methyl sites for hydroxylation is 1. The van der Waals surface area contributed by atoms with Crippen molar-refractivity contribution in [3.05, 3.63) is 23.3 Å². The molecule has 1 fully saturated rings. The number of rotatable bonds is 0. The number of likely N-dealkylation sites (N-methyl/N-ethyl adjacent to an activating group) is 2. The number of anilines is 1. The van der Waals surface area contributed by atoms with Crippen molar-refractivity contribution in [1.29, 1.82) is 0 Å². The summed E-state index contributed by atoms with van der Waals surface area (Å²) in [6, 6.07) is 4.09. The zero-order valence-electron chi connectivity index (χ0n) is 11.0. The molecule has 2 heterocycles. The number of fused-ring (bicyclic) bond motifs is 3. The molecule has 3 heteroatoms. The summed E-state index contributed by atoms with van der Waals surface area (Å²) >= 11 is 0. The van der Waals surface area contributed by atoms with Crippen LogP contribution in [0.1, 0.15) is 24.5 Å². The van der Waals surface area contributed by atoms with Gasteiger partial charge in [-0.25, -0.2) is 0 Å². The molecule has 2 aliphatic rings. The van der Waals surface area contributed by atoms with Crippen LogP contribution in [-0.2, 0) is 5.41 Å². The van der Waals surface area contributed by atoms with Gasteiger partial charge >= 0.3 is 0 Å². The van der Waals surface area contributed by atoms with Crippen LogP contribution in [0.15, 0.2) is 12.1 Å². The quantitative estimate of drug-likeness (QED) is 0.742. The number of likely N-dealkylation sites (tertiary alicyclic amines) is 1. The molecule has 17 heavy (non-hydrogen) atoms. The molecular formula is C14H20N2O. The molecule has 0 saturated carbocycles. The first-order valence-corrected chi connectivity index (χ1v) is 6.22. The largest absolute Gasteiger partial charge is 0.508 e. The maximum absolute atomic E-state index is 9.94. The second-order valence-corrected chi connectivity index (χ2v) is 5.79. The van der Waals surface area contributed by atoms with E-state index in [0.717, 1.165) is 18.5 Å². The van der Waals surface area contributed by atoms with Crippen molar-refractivity contribution in [3.8, 4) is 5.75 Å². The summed E-state index contributed by atoms with van der Waals surface area (Å²) in [5.74, 6) is 0.425. The molecule has 92 valence electrons. The molecule has 0 amide bonds. The average molecular weight is 232 g/mol. The van der Waals surface area contributed by atoms with Crippen LogP contribution in [0.4, 0.5) is 5.69 Å². The molecule has 1 unspecified atom stereocenters. The minimum atomic E-state index is 0.157. The van der Waals surface area contributed by atoms with Crippen LogP contribution in [0.2, 0.25) is 0 Å². The number of phenolic OH excluding ortho intramolecular Hbond substituents is 1. The lowest BCUT2D eigenvalue weighted by molar-refractivity contribution is 0.268. The van der Waals surface area contributed by atoms with Gasteiger partial charge in [-0.15, -0.1) is 0 Å². The Morgan fingerprint density at radius 1 is 1.35 bits per heavy atom. The second kappa shape index (κ2) is 3.16. The summed E-state index contributed by atoms with van der Waals surface area (Å²) in [5, 5.41) is 9.94. The molecule has 3 nitrogen and oxygen atoms in total. The number of aromatic hydroxyl groups is 1. The van der Waals surface area contributed by atoms with E-state index in [1.807, 2.05) is 13.0 Å². The molecule has 1 aromatic carbocycles. The Morgan fingerprint density at radius 3 is 2.76 bits per heavy atom. The Kier molecular flexibility index (Phi) is 2.03. The molecule has 0 aromatic heterocycles. The van der Waals surface area contributed by atoms with Gasteiger partial charge < -0.3 is 10.0 Å². The predicted molar refractivity (Wildman–Crippen MR) is 69.6 cm³/mol. The van der Waals surface area contributed by atoms with Gasteiger partial charge in [0.1, 0.15) is 5.75 Å². The maximum atomic E-state index is 9.94. The van der Waals surface area contributed by atoms with Crippen LogP contribution in [0.3, 0.4) is 0 Å². The molecule has 0 radical (unpaired) electrons. The minimum absolute atomic E-state index is 0.157. The van der Waals surface area contributed by atoms with Crippen LogP contribution in [0.25, 0.3) is 0 Å². The Bertz CT molecular complexity index is 485. The van der Waals surface area contributed by atoms with E-state index in [-0.39, 0.29) is 5.41 Å². The fraction of sp³-hybridized carbons (Fsp3) is 0.571. The first kappa shape index (κ1) is 10.9. The third-order valence-corrected chi connectivity index (χ3v) is 4.65. The van der Waals surface area contributed by atoms with Crippen LogP contribution in [-0.4, -0.2) is 36.8 Å². The minimum Gasteiger partial charge on any atom is -0.508 e. The van der Waals surface area contributed by atoms with Gasteiger partial charge in [-0.3, -0.25) is 4.90 Å². The van der Waals surface area contributed by atoms with Crippen LogP contribution in [0, 0.1) is 6.92 Å². The van der Waals surface area contributed by atoms with Gasteiger partial charge in [-0.2, -0.15) is 0 Å². The molecule has 1 N–H and O–H groups in total. The zero-order chi connectivity index (χ0) is 12.4. The van der Waals surface area contributed by atoms with Crippen LogP contribution in [0.5, 0.6) is 5.75 Å². The van der Waals surface area contributed by atoms with Gasteiger partial charge in [0.15, 0.2) is 0 Å². The summed E-state index contributed by atoms with van der Waals surface area (Å²) in [5.41, 5.74) is 3.70. The van der Waals surface area contributed by atoms with E-state index in [2.05, 4.69) is 36.9 Å². The lowest BCUT2D eigenvalue weighted by atomic mass is 9.81. The van der Waals surface area contributed by atoms with Crippen molar-refractivity contribution in [2.75, 3.05) is 25.5 Å². The van der Waals surface area contributed by atoms with Crippen molar-refractivity contribution >= 4 is 5.69 Å². The van der Waals surface area contributed by atoms with Crippen molar-refractivity contribution in [1.82, 2.24) is 4.90 Å². The Balaban J connectivity index is 2.22. The topological polar surface area (TPSA) is 26.7 Å². The van der Waals surface area contributed by atoms with Gasteiger partial charge in [0.25, 0.3) is 0 Å². The maximum Gasteiger partial charge on any atom is 0.118 e. The van der Waals surface area contributed by atoms with Crippen molar-refractivity contribution in [2.45, 2.75) is 31.8 Å². The van der Waals surface area contributed by atoms with E-state index in [4.69, 9.17) is 0 Å². The van der Waals surface area contributed by atoms with E-state index < -0.39 is 0 Å². The van der Waals surface area contributed by atoms with Gasteiger partial charge in [0, 0.05) is 24.7 Å². The highest BCUT2D eigenvalue weighted by Gasteiger charge is 2.52. The highest BCUT2D eigenvalue weighted by atomic mass is 16.3. The summed E-state index contributed by atoms with van der Waals surface area (Å²) in [6.45, 7) is 5.40. The molecule has 0 bridgehead atoms. The lowest BCUT2D eigenvalue weighted by Crippen LogP contribution is -2.45. The average Bonchev–Trinajstić information content (AvgIpc) is 2.67. The van der Waals surface area contributed by atoms with Crippen LogP contribution >= 0.6 is 0 Å². The molecule has 0 aliphatic carbocycles. The molecule has 1 saturated heterocycles. The van der Waals surface area contributed by atoms with Crippen molar-refractivity contribution < 1.29 is 5.11 Å². The van der Waals surface area contributed by atoms with E-state index >= 15 is 0 Å². The number of benzene rings is 1. The van der Waals surface area contributed by atoms with Gasteiger partial charge in [-0.05, 0) is 43.7 Å². The molecule has 2 aliphatic heterocycles. The third kappa shape index (κ3) is 1.20. The van der Waals surface area contributed by atoms with E-state index in [1.54, 1.807) is 0 Å². The number of phenols is 1. The summed E-state index contributed by atoms with van der Waals surface area (Å²) in [4.78, 5) is 4.77. The van der Waals surface area contributed by atoms with Crippen molar-refractivity contribution in [3.63, 3.8) is 0 Å². The molecule has 1 aromatic rings. The Hall–Kier alpha value is -1.22. The zero-order valence-corrected chi connectivity index (χ0v) is 11.0. The number of hydrogen-bond acceptors (Lipinski definition) is 3. The van der Waals surface area contributed by atoms with Crippen LogP contribution < -0.4 is 4.90 Å². The van der Waals surface area contributed by atoms with Crippen molar-refractivity contribution in [2.24, 2.45) is 0 Å². The normalized spacial score (nSPS) is 31.8. The molecular weight excluding hydrogens is 212 g/mol. The smallest absolute Gasteiger partial charge is 0.118 e. The predicted octanol–water partition coefficient (Wildman–Crippen LogP) is 2.07. The Morgan fingerprint density at radius 2 is 2.06 bits per heavy atom. The third-order valence-electron chi connectivity index (χ3n) is 4.65. The summed E-state index contributed by atoms with van der Waals surface area (Å²) < 4.78 is 0. The number of hydrogen-bond donors (Lipinski definition) is 1. The fourth-order valence-corrected chi connectivity index (χ4v) is 3.71. The highest BCUT2D eigenvalue weighted by molar-refractivity contribution is 5.67. The van der Waals surface area contributed by atoms with Gasteiger partial charge in [-0.1, -0.05) is 6.92 Å². The van der Waals surface area contributed by atoms with E-state index in [1.165, 1.54) is 11.3 Å². The molecule has 0 spiro atoms. The van der Waals surface area contributed by atoms with Gasteiger partial charge in [0.2, 0.25) is 0 Å². The van der Waals surface area contributed by atoms with Gasteiger partial charge in [0.05, 0.1) is 6.17 Å². The number of nitrogens with zero attached hydrogens (tertiary/aromatic N) is 2.